The molecule has 0 unspecified atom stereocenters. The number of nitrogens with zero attached hydrogens (tertiary/aromatic N) is 2. The van der Waals surface area contributed by atoms with Gasteiger partial charge in [0.05, 0.1) is 23.6 Å². The van der Waals surface area contributed by atoms with Crippen LogP contribution in [0.25, 0.3) is 0 Å². The third kappa shape index (κ3) is 6.60. The van der Waals surface area contributed by atoms with Crippen LogP contribution in [-0.2, 0) is 11.3 Å². The van der Waals surface area contributed by atoms with E-state index in [0.717, 1.165) is 34.8 Å². The van der Waals surface area contributed by atoms with Gasteiger partial charge in [-0.05, 0) is 38.8 Å². The van der Waals surface area contributed by atoms with Gasteiger partial charge in [-0.15, -0.1) is 11.8 Å². The number of rotatable bonds is 7. The lowest BCUT2D eigenvalue weighted by molar-refractivity contribution is -0.119. The summed E-state index contributed by atoms with van der Waals surface area (Å²) < 4.78 is 5.21. The highest BCUT2D eigenvalue weighted by Crippen LogP contribution is 2.25. The molecule has 6 nitrogen and oxygen atoms in total. The van der Waals surface area contributed by atoms with Crippen LogP contribution < -0.4 is 5.32 Å². The van der Waals surface area contributed by atoms with Crippen molar-refractivity contribution in [3.63, 3.8) is 0 Å². The summed E-state index contributed by atoms with van der Waals surface area (Å²) in [6.45, 7) is 4.16. The highest BCUT2D eigenvalue weighted by molar-refractivity contribution is 8.00. The van der Waals surface area contributed by atoms with Gasteiger partial charge in [-0.2, -0.15) is 0 Å². The van der Waals surface area contributed by atoms with E-state index in [9.17, 15) is 9.59 Å². The van der Waals surface area contributed by atoms with Crippen LogP contribution in [-0.4, -0.2) is 40.7 Å². The van der Waals surface area contributed by atoms with Crippen molar-refractivity contribution in [3.8, 4) is 0 Å². The molecule has 2 amide bonds. The van der Waals surface area contributed by atoms with Gasteiger partial charge in [-0.25, -0.2) is 0 Å². The van der Waals surface area contributed by atoms with Gasteiger partial charge in [0.15, 0.2) is 0 Å². The molecule has 0 atom stereocenters. The first-order valence-electron chi connectivity index (χ1n) is 11.1. The van der Waals surface area contributed by atoms with Crippen LogP contribution in [0.2, 0.25) is 0 Å². The molecule has 1 fully saturated rings. The van der Waals surface area contributed by atoms with E-state index in [2.05, 4.69) is 10.5 Å². The zero-order valence-corrected chi connectivity index (χ0v) is 19.6. The van der Waals surface area contributed by atoms with Crippen LogP contribution in [0.3, 0.4) is 0 Å². The normalized spacial score (nSPS) is 15.2. The number of benzene rings is 1. The minimum atomic E-state index is -0.0801. The number of nitrogens with one attached hydrogen (secondary N) is 1. The molecule has 31 heavy (non-hydrogen) atoms. The zero-order valence-electron chi connectivity index (χ0n) is 18.8. The number of aryl methyl sites for hydroxylation is 2. The van der Waals surface area contributed by atoms with Gasteiger partial charge in [0, 0.05) is 23.5 Å². The first-order valence-corrected chi connectivity index (χ1v) is 12.1. The molecule has 0 bridgehead atoms. The van der Waals surface area contributed by atoms with Gasteiger partial charge < -0.3 is 14.7 Å². The van der Waals surface area contributed by atoms with Gasteiger partial charge in [-0.1, -0.05) is 49.4 Å². The van der Waals surface area contributed by atoms with Crippen LogP contribution in [0, 0.1) is 13.8 Å². The Balaban J connectivity index is 1.59. The predicted molar refractivity (Wildman–Crippen MR) is 123 cm³/mol. The molecule has 1 N–H and O–H groups in total. The molecule has 1 aromatic carbocycles. The van der Waals surface area contributed by atoms with Crippen LogP contribution in [0.1, 0.15) is 72.3 Å². The monoisotopic (exact) mass is 443 g/mol. The molecule has 1 aromatic heterocycles. The maximum absolute atomic E-state index is 13.1. The maximum atomic E-state index is 13.1. The van der Waals surface area contributed by atoms with Gasteiger partial charge in [0.2, 0.25) is 5.91 Å². The molecule has 0 spiro atoms. The van der Waals surface area contributed by atoms with Crippen molar-refractivity contribution in [2.24, 2.45) is 0 Å². The van der Waals surface area contributed by atoms with Crippen molar-refractivity contribution in [1.82, 2.24) is 15.4 Å². The molecule has 2 aromatic rings. The second-order valence-electron chi connectivity index (χ2n) is 8.36. The largest absolute Gasteiger partial charge is 0.361 e. The third-order valence-corrected chi connectivity index (χ3v) is 6.94. The number of hydrogen-bond donors (Lipinski definition) is 1. The van der Waals surface area contributed by atoms with E-state index in [-0.39, 0.29) is 17.9 Å². The average Bonchev–Trinajstić information content (AvgIpc) is 3.05. The Morgan fingerprint density at radius 2 is 1.81 bits per heavy atom. The van der Waals surface area contributed by atoms with Gasteiger partial charge in [0.1, 0.15) is 5.76 Å². The second-order valence-corrected chi connectivity index (χ2v) is 9.38. The minimum absolute atomic E-state index is 0.0434. The van der Waals surface area contributed by atoms with E-state index in [1.807, 2.05) is 38.1 Å². The summed E-state index contributed by atoms with van der Waals surface area (Å²) in [7, 11) is 1.77. The number of thioether (sulfide) groups is 1. The number of hydrogen-bond acceptors (Lipinski definition) is 5. The summed E-state index contributed by atoms with van der Waals surface area (Å²) >= 11 is 1.42. The molecule has 7 heteroatoms. The third-order valence-electron chi connectivity index (χ3n) is 5.87. The fourth-order valence-electron chi connectivity index (χ4n) is 4.02. The van der Waals surface area contributed by atoms with Crippen LogP contribution in [0.4, 0.5) is 0 Å². The molecule has 168 valence electrons. The SMILES string of the molecule is Cc1noc(C)c1CN(C)C(=O)c1ccccc1SCC(=O)NC1CCCCCCC1. The van der Waals surface area contributed by atoms with Crippen molar-refractivity contribution in [2.75, 3.05) is 12.8 Å². The quantitative estimate of drug-likeness (QED) is 0.617. The number of amides is 2. The minimum Gasteiger partial charge on any atom is -0.361 e. The zero-order chi connectivity index (χ0) is 22.2. The first-order chi connectivity index (χ1) is 15.0. The van der Waals surface area contributed by atoms with Crippen molar-refractivity contribution >= 4 is 23.6 Å². The molecule has 0 saturated heterocycles. The number of carbonyl (C=O) groups excluding carboxylic acids is 2. The Labute approximate surface area is 189 Å². The topological polar surface area (TPSA) is 75.4 Å². The Morgan fingerprint density at radius 3 is 2.48 bits per heavy atom. The van der Waals surface area contributed by atoms with Crippen molar-refractivity contribution in [3.05, 3.63) is 46.8 Å². The molecule has 3 rings (SSSR count). The molecule has 0 aliphatic heterocycles. The Morgan fingerprint density at radius 1 is 1.13 bits per heavy atom. The highest BCUT2D eigenvalue weighted by Gasteiger charge is 2.20. The summed E-state index contributed by atoms with van der Waals surface area (Å²) in [5.74, 6) is 1.00. The molecule has 1 aliphatic carbocycles. The first kappa shape index (κ1) is 23.4. The second kappa shape index (κ2) is 11.4. The van der Waals surface area contributed by atoms with Gasteiger partial charge in [0.25, 0.3) is 5.91 Å². The van der Waals surface area contributed by atoms with E-state index in [0.29, 0.717) is 17.9 Å². The average molecular weight is 444 g/mol. The molecular formula is C24H33N3O3S. The fourth-order valence-corrected chi connectivity index (χ4v) is 4.88. The molecule has 1 aliphatic rings. The van der Waals surface area contributed by atoms with Crippen molar-refractivity contribution in [2.45, 2.75) is 76.3 Å². The summed E-state index contributed by atoms with van der Waals surface area (Å²) in [4.78, 5) is 28.1. The number of aromatic nitrogens is 1. The van der Waals surface area contributed by atoms with Crippen LogP contribution in [0.15, 0.2) is 33.7 Å². The maximum Gasteiger partial charge on any atom is 0.255 e. The summed E-state index contributed by atoms with van der Waals surface area (Å²) in [5, 5.41) is 7.16. The lowest BCUT2D eigenvalue weighted by Crippen LogP contribution is -2.36. The molecule has 1 saturated carbocycles. The van der Waals surface area contributed by atoms with E-state index in [1.54, 1.807) is 11.9 Å². The Bertz CT molecular complexity index is 868. The van der Waals surface area contributed by atoms with E-state index in [1.165, 1.54) is 43.9 Å². The molecular weight excluding hydrogens is 410 g/mol. The lowest BCUT2D eigenvalue weighted by Gasteiger charge is -2.21. The Hall–Kier alpha value is -2.28. The summed E-state index contributed by atoms with van der Waals surface area (Å²) in [6.07, 6.45) is 8.35. The lowest BCUT2D eigenvalue weighted by atomic mass is 9.97. The molecule has 1 heterocycles. The van der Waals surface area contributed by atoms with Gasteiger partial charge >= 0.3 is 0 Å². The fraction of sp³-hybridized carbons (Fsp3) is 0.542. The van der Waals surface area contributed by atoms with Gasteiger partial charge in [-0.3, -0.25) is 9.59 Å². The number of carbonyl (C=O) groups is 2. The summed E-state index contributed by atoms with van der Waals surface area (Å²) in [6, 6.07) is 7.77. The molecule has 0 radical (unpaired) electrons. The summed E-state index contributed by atoms with van der Waals surface area (Å²) in [5.41, 5.74) is 2.34. The highest BCUT2D eigenvalue weighted by atomic mass is 32.2. The smallest absolute Gasteiger partial charge is 0.255 e. The standard InChI is InChI=1S/C24H33N3O3S/c1-17-21(18(2)30-26-17)15-27(3)24(29)20-13-9-10-14-22(20)31-16-23(28)25-19-11-7-5-4-6-8-12-19/h9-10,13-14,19H,4-8,11-12,15-16H2,1-3H3,(H,25,28). The van der Waals surface area contributed by atoms with Crippen molar-refractivity contribution in [1.29, 1.82) is 0 Å². The van der Waals surface area contributed by atoms with E-state index in [4.69, 9.17) is 4.52 Å². The van der Waals surface area contributed by atoms with E-state index >= 15 is 0 Å². The van der Waals surface area contributed by atoms with Crippen LogP contribution in [0.5, 0.6) is 0 Å². The van der Waals surface area contributed by atoms with Crippen LogP contribution >= 0.6 is 11.8 Å². The van der Waals surface area contributed by atoms with Crippen molar-refractivity contribution < 1.29 is 14.1 Å². The Kier molecular flexibility index (Phi) is 8.58. The van der Waals surface area contributed by atoms with E-state index < -0.39 is 0 Å². The predicted octanol–water partition coefficient (Wildman–Crippen LogP) is 4.88.